The third-order valence-electron chi connectivity index (χ3n) is 2.60. The smallest absolute Gasteiger partial charge is 0.243 e. The fourth-order valence-electron chi connectivity index (χ4n) is 1.58. The van der Waals surface area contributed by atoms with Crippen LogP contribution in [-0.4, -0.2) is 12.5 Å². The number of nitrogens with one attached hydrogen (secondary N) is 2. The topological polar surface area (TPSA) is 41.1 Å². The van der Waals surface area contributed by atoms with E-state index in [1.807, 2.05) is 0 Å². The molecule has 0 unspecified atom stereocenters. The van der Waals surface area contributed by atoms with E-state index in [9.17, 15) is 18.0 Å². The summed E-state index contributed by atoms with van der Waals surface area (Å²) < 4.78 is 40.0. The summed E-state index contributed by atoms with van der Waals surface area (Å²) in [5.74, 6) is -4.65. The molecule has 21 heavy (non-hydrogen) atoms. The predicted octanol–water partition coefficient (Wildman–Crippen LogP) is 3.92. The summed E-state index contributed by atoms with van der Waals surface area (Å²) in [7, 11) is 0. The first-order valence-corrected chi connectivity index (χ1v) is 6.69. The van der Waals surface area contributed by atoms with Crippen LogP contribution in [0.4, 0.5) is 24.5 Å². The maximum atomic E-state index is 13.4. The predicted molar refractivity (Wildman–Crippen MR) is 77.6 cm³/mol. The van der Waals surface area contributed by atoms with E-state index in [2.05, 4.69) is 26.6 Å². The Hall–Kier alpha value is -2.02. The normalized spacial score (nSPS) is 10.3. The molecule has 0 bridgehead atoms. The summed E-state index contributed by atoms with van der Waals surface area (Å²) in [5.41, 5.74) is 0.288. The summed E-state index contributed by atoms with van der Waals surface area (Å²) in [4.78, 5) is 11.7. The van der Waals surface area contributed by atoms with Crippen molar-refractivity contribution in [2.24, 2.45) is 0 Å². The molecule has 2 N–H and O–H groups in total. The number of benzene rings is 2. The van der Waals surface area contributed by atoms with Gasteiger partial charge >= 0.3 is 0 Å². The van der Waals surface area contributed by atoms with Crippen molar-refractivity contribution in [2.75, 3.05) is 17.2 Å². The Balaban J connectivity index is 1.95. The Bertz CT molecular complexity index is 662. The molecule has 0 aliphatic rings. The molecule has 110 valence electrons. The van der Waals surface area contributed by atoms with E-state index in [0.717, 1.165) is 16.6 Å². The summed E-state index contributed by atoms with van der Waals surface area (Å²) in [5, 5.41) is 4.98. The van der Waals surface area contributed by atoms with Gasteiger partial charge in [-0.3, -0.25) is 4.79 Å². The van der Waals surface area contributed by atoms with E-state index in [1.165, 1.54) is 0 Å². The van der Waals surface area contributed by atoms with E-state index in [0.29, 0.717) is 5.69 Å². The highest BCUT2D eigenvalue weighted by Gasteiger charge is 2.13. The third-order valence-corrected chi connectivity index (χ3v) is 3.13. The molecule has 0 fully saturated rings. The standard InChI is InChI=1S/C14H10BrF3N2O/c15-8-1-3-9(4-2-8)20-12(21)7-19-11-6-5-10(16)13(17)14(11)18/h1-6,19H,7H2,(H,20,21). The minimum Gasteiger partial charge on any atom is -0.374 e. The minimum absolute atomic E-state index is 0.278. The number of carbonyl (C=O) groups excluding carboxylic acids is 1. The molecule has 2 aromatic rings. The number of hydrogen-bond donors (Lipinski definition) is 2. The Kier molecular flexibility index (Phi) is 4.85. The van der Waals surface area contributed by atoms with Crippen molar-refractivity contribution in [3.63, 3.8) is 0 Å². The van der Waals surface area contributed by atoms with Crippen molar-refractivity contribution >= 4 is 33.2 Å². The van der Waals surface area contributed by atoms with Crippen LogP contribution in [0, 0.1) is 17.5 Å². The van der Waals surface area contributed by atoms with Crippen molar-refractivity contribution in [1.82, 2.24) is 0 Å². The summed E-state index contributed by atoms with van der Waals surface area (Å²) in [6, 6.07) is 8.67. The van der Waals surface area contributed by atoms with Crippen LogP contribution in [0.5, 0.6) is 0 Å². The van der Waals surface area contributed by atoms with Crippen molar-refractivity contribution in [2.45, 2.75) is 0 Å². The van der Waals surface area contributed by atoms with Crippen LogP contribution in [-0.2, 0) is 4.79 Å². The highest BCUT2D eigenvalue weighted by Crippen LogP contribution is 2.19. The molecule has 0 atom stereocenters. The van der Waals surface area contributed by atoms with E-state index >= 15 is 0 Å². The van der Waals surface area contributed by atoms with Gasteiger partial charge in [-0.1, -0.05) is 15.9 Å². The third kappa shape index (κ3) is 3.98. The van der Waals surface area contributed by atoms with Gasteiger partial charge in [0.1, 0.15) is 0 Å². The van der Waals surface area contributed by atoms with Crippen LogP contribution in [0.3, 0.4) is 0 Å². The second-order valence-corrected chi connectivity index (χ2v) is 5.05. The zero-order chi connectivity index (χ0) is 15.4. The molecule has 1 amide bonds. The van der Waals surface area contributed by atoms with Gasteiger partial charge in [0, 0.05) is 10.2 Å². The number of amides is 1. The van der Waals surface area contributed by atoms with Crippen LogP contribution in [0.15, 0.2) is 40.9 Å². The first kappa shape index (κ1) is 15.4. The summed E-state index contributed by atoms with van der Waals surface area (Å²) in [6.45, 7) is -0.280. The van der Waals surface area contributed by atoms with Crippen molar-refractivity contribution in [3.8, 4) is 0 Å². The van der Waals surface area contributed by atoms with Gasteiger partial charge < -0.3 is 10.6 Å². The monoisotopic (exact) mass is 358 g/mol. The maximum absolute atomic E-state index is 13.4. The van der Waals surface area contributed by atoms with E-state index in [4.69, 9.17) is 0 Å². The second kappa shape index (κ2) is 6.62. The molecule has 2 rings (SSSR count). The highest BCUT2D eigenvalue weighted by molar-refractivity contribution is 9.10. The highest BCUT2D eigenvalue weighted by atomic mass is 79.9. The lowest BCUT2D eigenvalue weighted by Gasteiger charge is -2.09. The lowest BCUT2D eigenvalue weighted by atomic mass is 10.2. The van der Waals surface area contributed by atoms with E-state index < -0.39 is 23.4 Å². The van der Waals surface area contributed by atoms with Gasteiger partial charge in [-0.25, -0.2) is 13.2 Å². The molecule has 0 aliphatic carbocycles. The fraction of sp³-hybridized carbons (Fsp3) is 0.0714. The quantitative estimate of drug-likeness (QED) is 0.813. The van der Waals surface area contributed by atoms with Gasteiger partial charge in [0.2, 0.25) is 5.91 Å². The van der Waals surface area contributed by atoms with Crippen LogP contribution >= 0.6 is 15.9 Å². The van der Waals surface area contributed by atoms with Gasteiger partial charge in [0.15, 0.2) is 17.5 Å². The molecule has 0 aliphatic heterocycles. The van der Waals surface area contributed by atoms with E-state index in [1.54, 1.807) is 24.3 Å². The van der Waals surface area contributed by atoms with Gasteiger partial charge in [0.05, 0.1) is 12.2 Å². The molecule has 0 heterocycles. The summed E-state index contributed by atoms with van der Waals surface area (Å²) >= 11 is 3.26. The minimum atomic E-state index is -1.58. The molecule has 0 saturated carbocycles. The first-order valence-electron chi connectivity index (χ1n) is 5.90. The van der Waals surface area contributed by atoms with Crippen LogP contribution < -0.4 is 10.6 Å². The lowest BCUT2D eigenvalue weighted by Crippen LogP contribution is -2.22. The SMILES string of the molecule is O=C(CNc1ccc(F)c(F)c1F)Nc1ccc(Br)cc1. The molecular formula is C14H10BrF3N2O. The molecule has 3 nitrogen and oxygen atoms in total. The second-order valence-electron chi connectivity index (χ2n) is 4.13. The van der Waals surface area contributed by atoms with Gasteiger partial charge in [-0.15, -0.1) is 0 Å². The Morgan fingerprint density at radius 1 is 1.00 bits per heavy atom. The Morgan fingerprint density at radius 2 is 1.67 bits per heavy atom. The molecule has 0 radical (unpaired) electrons. The molecule has 0 saturated heterocycles. The molecule has 2 aromatic carbocycles. The average molecular weight is 359 g/mol. The zero-order valence-electron chi connectivity index (χ0n) is 10.6. The van der Waals surface area contributed by atoms with Gasteiger partial charge in [0.25, 0.3) is 0 Å². The van der Waals surface area contributed by atoms with Crippen molar-refractivity contribution in [1.29, 1.82) is 0 Å². The first-order chi connectivity index (χ1) is 9.97. The Morgan fingerprint density at radius 3 is 2.33 bits per heavy atom. The molecule has 7 heteroatoms. The number of anilines is 2. The van der Waals surface area contributed by atoms with Crippen molar-refractivity contribution in [3.05, 3.63) is 58.3 Å². The fourth-order valence-corrected chi connectivity index (χ4v) is 1.84. The largest absolute Gasteiger partial charge is 0.374 e. The molecular weight excluding hydrogens is 349 g/mol. The van der Waals surface area contributed by atoms with Gasteiger partial charge in [-0.2, -0.15) is 0 Å². The maximum Gasteiger partial charge on any atom is 0.243 e. The number of halogens is 4. The van der Waals surface area contributed by atoms with Crippen LogP contribution in [0.2, 0.25) is 0 Å². The zero-order valence-corrected chi connectivity index (χ0v) is 12.2. The summed E-state index contributed by atoms with van der Waals surface area (Å²) in [6.07, 6.45) is 0. The number of hydrogen-bond acceptors (Lipinski definition) is 2. The number of carbonyl (C=O) groups is 1. The van der Waals surface area contributed by atoms with Gasteiger partial charge in [-0.05, 0) is 36.4 Å². The van der Waals surface area contributed by atoms with Crippen LogP contribution in [0.1, 0.15) is 0 Å². The lowest BCUT2D eigenvalue weighted by molar-refractivity contribution is -0.114. The van der Waals surface area contributed by atoms with Crippen LogP contribution in [0.25, 0.3) is 0 Å². The van der Waals surface area contributed by atoms with Crippen molar-refractivity contribution < 1.29 is 18.0 Å². The molecule has 0 spiro atoms. The van der Waals surface area contributed by atoms with E-state index in [-0.39, 0.29) is 12.2 Å². The Labute approximate surface area is 127 Å². The number of rotatable bonds is 4. The average Bonchev–Trinajstić information content (AvgIpc) is 2.46. The molecule has 0 aromatic heterocycles.